The van der Waals surface area contributed by atoms with Gasteiger partial charge < -0.3 is 24.7 Å². The number of nitrogens with zero attached hydrogens (tertiary/aromatic N) is 1. The van der Waals surface area contributed by atoms with Crippen molar-refractivity contribution in [2.45, 2.75) is 58.5 Å². The van der Waals surface area contributed by atoms with Crippen molar-refractivity contribution >= 4 is 11.7 Å². The summed E-state index contributed by atoms with van der Waals surface area (Å²) < 4.78 is 11.1. The summed E-state index contributed by atoms with van der Waals surface area (Å²) in [5, 5.41) is 6.40. The summed E-state index contributed by atoms with van der Waals surface area (Å²) in [6, 6.07) is 10.4. The SMILES string of the molecule is COc1ccc(N2CCC(NC(=O)NC3CC(C)(C)Cc4oc(C)cc43)CC2)cc1. The largest absolute Gasteiger partial charge is 0.497 e. The molecule has 0 radical (unpaired) electrons. The number of hydrogen-bond acceptors (Lipinski definition) is 4. The molecule has 6 nitrogen and oxygen atoms in total. The third kappa shape index (κ3) is 4.58. The van der Waals surface area contributed by atoms with Crippen molar-refractivity contribution in [3.8, 4) is 5.75 Å². The van der Waals surface area contributed by atoms with Gasteiger partial charge in [-0.3, -0.25) is 0 Å². The molecule has 1 fully saturated rings. The number of carbonyl (C=O) groups excluding carboxylic acids is 1. The minimum absolute atomic E-state index is 0.000545. The fourth-order valence-corrected chi connectivity index (χ4v) is 4.77. The van der Waals surface area contributed by atoms with Crippen molar-refractivity contribution in [1.82, 2.24) is 10.6 Å². The molecule has 2 amide bonds. The average molecular weight is 412 g/mol. The van der Waals surface area contributed by atoms with Gasteiger partial charge in [-0.1, -0.05) is 13.8 Å². The number of ether oxygens (including phenoxy) is 1. The third-order valence-electron chi connectivity index (χ3n) is 6.31. The second-order valence-corrected chi connectivity index (χ2v) is 9.41. The molecule has 0 bridgehead atoms. The Morgan fingerprint density at radius 3 is 2.53 bits per heavy atom. The van der Waals surface area contributed by atoms with Crippen LogP contribution >= 0.6 is 0 Å². The number of piperidine rings is 1. The lowest BCUT2D eigenvalue weighted by Gasteiger charge is -2.36. The Bertz CT molecular complexity index is 880. The molecule has 1 aromatic heterocycles. The van der Waals surface area contributed by atoms with Crippen molar-refractivity contribution in [1.29, 1.82) is 0 Å². The Balaban J connectivity index is 1.31. The van der Waals surface area contributed by atoms with Crippen LogP contribution in [-0.2, 0) is 6.42 Å². The average Bonchev–Trinajstić information content (AvgIpc) is 3.07. The van der Waals surface area contributed by atoms with E-state index in [4.69, 9.17) is 9.15 Å². The topological polar surface area (TPSA) is 66.7 Å². The zero-order valence-corrected chi connectivity index (χ0v) is 18.5. The Morgan fingerprint density at radius 2 is 1.87 bits per heavy atom. The van der Waals surface area contributed by atoms with E-state index >= 15 is 0 Å². The van der Waals surface area contributed by atoms with Crippen molar-refractivity contribution in [2.24, 2.45) is 5.41 Å². The van der Waals surface area contributed by atoms with Gasteiger partial charge in [0.1, 0.15) is 17.3 Å². The van der Waals surface area contributed by atoms with Gasteiger partial charge in [0, 0.05) is 36.8 Å². The third-order valence-corrected chi connectivity index (χ3v) is 6.31. The van der Waals surface area contributed by atoms with E-state index in [1.807, 2.05) is 19.1 Å². The molecule has 1 unspecified atom stereocenters. The number of amides is 2. The maximum atomic E-state index is 12.7. The molecule has 2 aliphatic rings. The molecule has 1 atom stereocenters. The molecule has 6 heteroatoms. The number of hydrogen-bond donors (Lipinski definition) is 2. The number of anilines is 1. The van der Waals surface area contributed by atoms with Crippen LogP contribution in [0.3, 0.4) is 0 Å². The predicted octanol–water partition coefficient (Wildman–Crippen LogP) is 4.58. The molecule has 1 saturated heterocycles. The fourth-order valence-electron chi connectivity index (χ4n) is 4.77. The molecule has 4 rings (SSSR count). The van der Waals surface area contributed by atoms with Crippen LogP contribution in [0.15, 0.2) is 34.7 Å². The first-order valence-electron chi connectivity index (χ1n) is 10.9. The predicted molar refractivity (Wildman–Crippen MR) is 118 cm³/mol. The quantitative estimate of drug-likeness (QED) is 0.773. The Labute approximate surface area is 179 Å². The Kier molecular flexibility index (Phi) is 5.67. The second-order valence-electron chi connectivity index (χ2n) is 9.41. The lowest BCUT2D eigenvalue weighted by atomic mass is 9.75. The van der Waals surface area contributed by atoms with Crippen LogP contribution in [0.25, 0.3) is 0 Å². The Morgan fingerprint density at radius 1 is 1.17 bits per heavy atom. The van der Waals surface area contributed by atoms with Gasteiger partial charge in [-0.2, -0.15) is 0 Å². The number of urea groups is 1. The van der Waals surface area contributed by atoms with E-state index in [-0.39, 0.29) is 23.5 Å². The summed E-state index contributed by atoms with van der Waals surface area (Å²) in [5.74, 6) is 2.80. The smallest absolute Gasteiger partial charge is 0.315 e. The summed E-state index contributed by atoms with van der Waals surface area (Å²) in [6.07, 6.45) is 3.71. The van der Waals surface area contributed by atoms with Gasteiger partial charge in [-0.05, 0) is 61.9 Å². The molecule has 1 aliphatic heterocycles. The van der Waals surface area contributed by atoms with E-state index in [0.717, 1.165) is 61.6 Å². The number of benzene rings is 1. The van der Waals surface area contributed by atoms with Crippen molar-refractivity contribution in [3.05, 3.63) is 47.4 Å². The van der Waals surface area contributed by atoms with E-state index in [1.54, 1.807) is 7.11 Å². The van der Waals surface area contributed by atoms with Gasteiger partial charge in [0.15, 0.2) is 0 Å². The lowest BCUT2D eigenvalue weighted by Crippen LogP contribution is -2.49. The standard InChI is InChI=1S/C24H33N3O3/c1-16-13-20-21(14-24(2,3)15-22(20)30-16)26-23(28)25-17-9-11-27(12-10-17)18-5-7-19(29-4)8-6-18/h5-8,13,17,21H,9-12,14-15H2,1-4H3,(H2,25,26,28). The minimum atomic E-state index is -0.0783. The van der Waals surface area contributed by atoms with Gasteiger partial charge in [0.2, 0.25) is 0 Å². The van der Waals surface area contributed by atoms with E-state index in [0.29, 0.717) is 0 Å². The van der Waals surface area contributed by atoms with Crippen molar-refractivity contribution in [3.63, 3.8) is 0 Å². The molecule has 2 N–H and O–H groups in total. The molecule has 0 spiro atoms. The number of aryl methyl sites for hydroxylation is 1. The van der Waals surface area contributed by atoms with Crippen LogP contribution in [0.4, 0.5) is 10.5 Å². The maximum Gasteiger partial charge on any atom is 0.315 e. The van der Waals surface area contributed by atoms with Crippen molar-refractivity contribution < 1.29 is 13.9 Å². The van der Waals surface area contributed by atoms with Crippen molar-refractivity contribution in [2.75, 3.05) is 25.1 Å². The molecule has 2 aromatic rings. The normalized spacial score (nSPS) is 21.1. The highest BCUT2D eigenvalue weighted by molar-refractivity contribution is 5.75. The number of carbonyl (C=O) groups is 1. The van der Waals surface area contributed by atoms with Gasteiger partial charge in [0.25, 0.3) is 0 Å². The monoisotopic (exact) mass is 411 g/mol. The molecular formula is C24H33N3O3. The number of fused-ring (bicyclic) bond motifs is 1. The molecule has 162 valence electrons. The molecule has 30 heavy (non-hydrogen) atoms. The molecule has 2 heterocycles. The van der Waals surface area contributed by atoms with Gasteiger partial charge in [0.05, 0.1) is 13.2 Å². The van der Waals surface area contributed by atoms with E-state index in [2.05, 4.69) is 47.6 Å². The Hall–Kier alpha value is -2.63. The number of nitrogens with one attached hydrogen (secondary N) is 2. The summed E-state index contributed by atoms with van der Waals surface area (Å²) in [6.45, 7) is 8.29. The summed E-state index contributed by atoms with van der Waals surface area (Å²) in [7, 11) is 1.68. The van der Waals surface area contributed by atoms with Gasteiger partial charge >= 0.3 is 6.03 Å². The number of furan rings is 1. The van der Waals surface area contributed by atoms with Gasteiger partial charge in [-0.25, -0.2) is 4.79 Å². The molecule has 0 saturated carbocycles. The molecule has 1 aliphatic carbocycles. The van der Waals surface area contributed by atoms with Crippen LogP contribution in [0.2, 0.25) is 0 Å². The van der Waals surface area contributed by atoms with Crippen LogP contribution in [-0.4, -0.2) is 32.3 Å². The lowest BCUT2D eigenvalue weighted by molar-refractivity contribution is 0.210. The minimum Gasteiger partial charge on any atom is -0.497 e. The highest BCUT2D eigenvalue weighted by Gasteiger charge is 2.36. The summed E-state index contributed by atoms with van der Waals surface area (Å²) in [4.78, 5) is 15.1. The second kappa shape index (κ2) is 8.25. The highest BCUT2D eigenvalue weighted by Crippen LogP contribution is 2.42. The van der Waals surface area contributed by atoms with E-state index in [9.17, 15) is 4.79 Å². The van der Waals surface area contributed by atoms with E-state index < -0.39 is 0 Å². The van der Waals surface area contributed by atoms with E-state index in [1.165, 1.54) is 5.69 Å². The first-order valence-corrected chi connectivity index (χ1v) is 10.9. The van der Waals surface area contributed by atoms with Crippen LogP contribution in [0, 0.1) is 12.3 Å². The zero-order chi connectivity index (χ0) is 21.3. The summed E-state index contributed by atoms with van der Waals surface area (Å²) in [5.41, 5.74) is 2.45. The molecule has 1 aromatic carbocycles. The maximum absolute atomic E-state index is 12.7. The van der Waals surface area contributed by atoms with Crippen LogP contribution in [0.1, 0.15) is 56.2 Å². The van der Waals surface area contributed by atoms with Crippen LogP contribution in [0.5, 0.6) is 5.75 Å². The highest BCUT2D eigenvalue weighted by atomic mass is 16.5. The molecular weight excluding hydrogens is 378 g/mol. The first kappa shape index (κ1) is 20.6. The summed E-state index contributed by atoms with van der Waals surface area (Å²) >= 11 is 0. The number of methoxy groups -OCH3 is 1. The fraction of sp³-hybridized carbons (Fsp3) is 0.542. The first-order chi connectivity index (χ1) is 14.3. The van der Waals surface area contributed by atoms with Gasteiger partial charge in [-0.15, -0.1) is 0 Å². The van der Waals surface area contributed by atoms with Crippen LogP contribution < -0.4 is 20.3 Å². The zero-order valence-electron chi connectivity index (χ0n) is 18.5. The number of rotatable bonds is 4.